The number of ether oxygens (including phenoxy) is 1. The highest BCUT2D eigenvalue weighted by Crippen LogP contribution is 2.34. The van der Waals surface area contributed by atoms with E-state index < -0.39 is 6.10 Å². The number of carbonyl (C=O) groups is 1. The molecule has 0 fully saturated rings. The number of anilines is 1. The van der Waals surface area contributed by atoms with Gasteiger partial charge in [0.2, 0.25) is 5.16 Å². The molecule has 1 N–H and O–H groups in total. The highest BCUT2D eigenvalue weighted by molar-refractivity contribution is 9.10. The van der Waals surface area contributed by atoms with E-state index in [-0.39, 0.29) is 5.91 Å². The molecule has 1 atom stereocenters. The third kappa shape index (κ3) is 5.21. The van der Waals surface area contributed by atoms with E-state index >= 15 is 0 Å². The molecule has 2 aromatic carbocycles. The first-order valence-corrected chi connectivity index (χ1v) is 9.84. The molecule has 0 bridgehead atoms. The van der Waals surface area contributed by atoms with Crippen LogP contribution in [0.1, 0.15) is 6.92 Å². The van der Waals surface area contributed by atoms with Gasteiger partial charge in [0.05, 0.1) is 5.69 Å². The molecular weight excluding hydrogens is 454 g/mol. The van der Waals surface area contributed by atoms with Crippen molar-refractivity contribution >= 4 is 50.9 Å². The highest BCUT2D eigenvalue weighted by atomic mass is 79.9. The average molecular weight is 469 g/mol. The fraction of sp³-hybridized carbons (Fsp3) is 0.176. The van der Waals surface area contributed by atoms with Gasteiger partial charge in [-0.15, -0.1) is 5.10 Å². The molecule has 7 nitrogen and oxygen atoms in total. The minimum absolute atomic E-state index is 0.277. The van der Waals surface area contributed by atoms with E-state index in [0.717, 1.165) is 9.37 Å². The number of tetrazole rings is 1. The first kappa shape index (κ1) is 19.7. The smallest absolute Gasteiger partial charge is 0.265 e. The van der Waals surface area contributed by atoms with Crippen LogP contribution in [-0.2, 0) is 11.8 Å². The number of nitrogens with zero attached hydrogens (tertiary/aromatic N) is 4. The Balaban J connectivity index is 1.73. The van der Waals surface area contributed by atoms with Crippen LogP contribution in [0.2, 0.25) is 5.02 Å². The number of rotatable bonds is 6. The Morgan fingerprint density at radius 1 is 1.30 bits per heavy atom. The maximum atomic E-state index is 12.6. The summed E-state index contributed by atoms with van der Waals surface area (Å²) in [6.07, 6.45) is -0.695. The van der Waals surface area contributed by atoms with Gasteiger partial charge in [-0.3, -0.25) is 4.79 Å². The zero-order valence-corrected chi connectivity index (χ0v) is 17.5. The van der Waals surface area contributed by atoms with Crippen LogP contribution in [0.25, 0.3) is 0 Å². The van der Waals surface area contributed by atoms with E-state index in [9.17, 15) is 4.79 Å². The molecule has 140 valence electrons. The van der Waals surface area contributed by atoms with Crippen molar-refractivity contribution in [1.82, 2.24) is 20.2 Å². The summed E-state index contributed by atoms with van der Waals surface area (Å²) in [7, 11) is 1.75. The van der Waals surface area contributed by atoms with Crippen molar-refractivity contribution in [3.05, 3.63) is 52.0 Å². The van der Waals surface area contributed by atoms with Gasteiger partial charge in [0.15, 0.2) is 6.10 Å². The molecular formula is C17H15BrClN5O2S. The predicted molar refractivity (Wildman–Crippen MR) is 107 cm³/mol. The number of hydrogen-bond donors (Lipinski definition) is 1. The topological polar surface area (TPSA) is 81.9 Å². The number of aromatic nitrogens is 4. The van der Waals surface area contributed by atoms with Crippen molar-refractivity contribution in [2.45, 2.75) is 23.1 Å². The van der Waals surface area contributed by atoms with Crippen molar-refractivity contribution in [2.24, 2.45) is 7.05 Å². The van der Waals surface area contributed by atoms with Crippen LogP contribution in [0.3, 0.4) is 0 Å². The lowest BCUT2D eigenvalue weighted by Crippen LogP contribution is -2.30. The standard InChI is InChI=1S/C17H15BrClN5O2S/c1-10(26-13-6-4-12(19)5-7-13)16(25)20-14-9-11(18)3-8-15(14)27-17-21-22-23-24(17)2/h3-10H,1-2H3,(H,20,25). The number of carbonyl (C=O) groups excluding carboxylic acids is 1. The third-order valence-corrected chi connectivity index (χ3v) is 5.33. The molecule has 1 amide bonds. The maximum absolute atomic E-state index is 12.6. The van der Waals surface area contributed by atoms with Crippen molar-refractivity contribution < 1.29 is 9.53 Å². The number of halogens is 2. The lowest BCUT2D eigenvalue weighted by atomic mass is 10.3. The quantitative estimate of drug-likeness (QED) is 0.584. The second-order valence-electron chi connectivity index (χ2n) is 5.53. The molecule has 0 aliphatic rings. The number of amides is 1. The average Bonchev–Trinajstić information content (AvgIpc) is 3.04. The lowest BCUT2D eigenvalue weighted by Gasteiger charge is -2.16. The molecule has 27 heavy (non-hydrogen) atoms. The Morgan fingerprint density at radius 3 is 2.70 bits per heavy atom. The SMILES string of the molecule is CC(Oc1ccc(Cl)cc1)C(=O)Nc1cc(Br)ccc1Sc1nnnn1C. The molecule has 0 saturated carbocycles. The Bertz CT molecular complexity index is 951. The van der Waals surface area contributed by atoms with Gasteiger partial charge < -0.3 is 10.1 Å². The predicted octanol–water partition coefficient (Wildman–Crippen LogP) is 4.18. The molecule has 0 aliphatic heterocycles. The van der Waals surface area contributed by atoms with Crippen LogP contribution in [0.5, 0.6) is 5.75 Å². The summed E-state index contributed by atoms with van der Waals surface area (Å²) in [6.45, 7) is 1.68. The summed E-state index contributed by atoms with van der Waals surface area (Å²) in [5.41, 5.74) is 0.633. The monoisotopic (exact) mass is 467 g/mol. The van der Waals surface area contributed by atoms with Crippen molar-refractivity contribution in [3.63, 3.8) is 0 Å². The van der Waals surface area contributed by atoms with E-state index in [1.54, 1.807) is 42.9 Å². The van der Waals surface area contributed by atoms with Gasteiger partial charge in [0, 0.05) is 21.4 Å². The largest absolute Gasteiger partial charge is 0.481 e. The Morgan fingerprint density at radius 2 is 2.04 bits per heavy atom. The summed E-state index contributed by atoms with van der Waals surface area (Å²) in [5.74, 6) is 0.289. The fourth-order valence-corrected chi connectivity index (χ4v) is 3.39. The van der Waals surface area contributed by atoms with Gasteiger partial charge >= 0.3 is 0 Å². The lowest BCUT2D eigenvalue weighted by molar-refractivity contribution is -0.122. The number of hydrogen-bond acceptors (Lipinski definition) is 6. The summed E-state index contributed by atoms with van der Waals surface area (Å²) in [6, 6.07) is 12.4. The first-order valence-electron chi connectivity index (χ1n) is 7.85. The summed E-state index contributed by atoms with van der Waals surface area (Å²) in [5, 5.41) is 15.5. The van der Waals surface area contributed by atoms with Crippen molar-refractivity contribution in [3.8, 4) is 5.75 Å². The molecule has 0 radical (unpaired) electrons. The summed E-state index contributed by atoms with van der Waals surface area (Å²) in [4.78, 5) is 13.4. The van der Waals surface area contributed by atoms with Gasteiger partial charge in [0.25, 0.3) is 5.91 Å². The summed E-state index contributed by atoms with van der Waals surface area (Å²) >= 11 is 10.6. The Hall–Kier alpha value is -2.10. The van der Waals surface area contributed by atoms with E-state index in [1.165, 1.54) is 11.8 Å². The maximum Gasteiger partial charge on any atom is 0.265 e. The Labute approximate surface area is 173 Å². The minimum atomic E-state index is -0.695. The number of benzene rings is 2. The molecule has 1 heterocycles. The fourth-order valence-electron chi connectivity index (χ4n) is 2.10. The molecule has 1 aromatic heterocycles. The van der Waals surface area contributed by atoms with Crippen LogP contribution < -0.4 is 10.1 Å². The van der Waals surface area contributed by atoms with E-state index in [2.05, 4.69) is 36.8 Å². The van der Waals surface area contributed by atoms with Gasteiger partial charge in [0.1, 0.15) is 5.75 Å². The van der Waals surface area contributed by atoms with Crippen LogP contribution in [0.4, 0.5) is 5.69 Å². The van der Waals surface area contributed by atoms with E-state index in [0.29, 0.717) is 21.6 Å². The molecule has 1 unspecified atom stereocenters. The molecule has 10 heteroatoms. The van der Waals surface area contributed by atoms with Gasteiger partial charge in [-0.2, -0.15) is 0 Å². The second-order valence-corrected chi connectivity index (χ2v) is 7.89. The van der Waals surface area contributed by atoms with E-state index in [4.69, 9.17) is 16.3 Å². The molecule has 0 aliphatic carbocycles. The molecule has 0 saturated heterocycles. The zero-order chi connectivity index (χ0) is 19.4. The van der Waals surface area contributed by atoms with Crippen LogP contribution in [-0.4, -0.2) is 32.2 Å². The molecule has 0 spiro atoms. The van der Waals surface area contributed by atoms with Crippen LogP contribution >= 0.6 is 39.3 Å². The third-order valence-electron chi connectivity index (χ3n) is 3.48. The molecule has 3 aromatic rings. The second kappa shape index (κ2) is 8.73. The number of aryl methyl sites for hydroxylation is 1. The Kier molecular flexibility index (Phi) is 6.35. The van der Waals surface area contributed by atoms with Gasteiger partial charge in [-0.05, 0) is 71.6 Å². The number of nitrogens with one attached hydrogen (secondary N) is 1. The van der Waals surface area contributed by atoms with Crippen LogP contribution in [0, 0.1) is 0 Å². The van der Waals surface area contributed by atoms with Crippen molar-refractivity contribution in [2.75, 3.05) is 5.32 Å². The summed E-state index contributed by atoms with van der Waals surface area (Å²) < 4.78 is 8.07. The van der Waals surface area contributed by atoms with Gasteiger partial charge in [-0.1, -0.05) is 27.5 Å². The van der Waals surface area contributed by atoms with Crippen molar-refractivity contribution in [1.29, 1.82) is 0 Å². The molecule has 3 rings (SSSR count). The van der Waals surface area contributed by atoms with Gasteiger partial charge in [-0.25, -0.2) is 4.68 Å². The van der Waals surface area contributed by atoms with E-state index in [1.807, 2.05) is 18.2 Å². The van der Waals surface area contributed by atoms with Crippen LogP contribution in [0.15, 0.2) is 57.0 Å². The first-order chi connectivity index (χ1) is 12.9. The normalized spacial score (nSPS) is 11.9. The minimum Gasteiger partial charge on any atom is -0.481 e. The highest BCUT2D eigenvalue weighted by Gasteiger charge is 2.18. The zero-order valence-electron chi connectivity index (χ0n) is 14.4.